The largest absolute Gasteiger partial charge is 0.348 e. The lowest BCUT2D eigenvalue weighted by Gasteiger charge is -2.09. The number of pyridine rings is 1. The van der Waals surface area contributed by atoms with Crippen LogP contribution in [0, 0.1) is 0 Å². The molecule has 0 saturated heterocycles. The average molecular weight is 217 g/mol. The van der Waals surface area contributed by atoms with E-state index in [1.807, 2.05) is 24.4 Å². The number of aromatic nitrogens is 2. The monoisotopic (exact) mass is 217 g/mol. The molecule has 4 nitrogen and oxygen atoms in total. The molecule has 2 rings (SSSR count). The quantitative estimate of drug-likeness (QED) is 0.824. The van der Waals surface area contributed by atoms with Crippen molar-refractivity contribution in [3.05, 3.63) is 58.8 Å². The van der Waals surface area contributed by atoms with Crippen LogP contribution >= 0.6 is 0 Å². The fraction of sp³-hybridized carbons (Fsp3) is 0.250. The van der Waals surface area contributed by atoms with Crippen molar-refractivity contribution < 1.29 is 0 Å². The van der Waals surface area contributed by atoms with Crippen LogP contribution in [0.3, 0.4) is 0 Å². The first-order valence-electron chi connectivity index (χ1n) is 5.31. The lowest BCUT2D eigenvalue weighted by Crippen LogP contribution is -2.21. The molecular weight excluding hydrogens is 202 g/mol. The molecule has 2 N–H and O–H groups in total. The standard InChI is InChI=1S/C12H15N3O/c13-10-11-4-3-7-14(11)8-9-15-6-2-1-5-12(15)16/h1-7H,8-10,13H2. The maximum Gasteiger partial charge on any atom is 0.250 e. The van der Waals surface area contributed by atoms with E-state index < -0.39 is 0 Å². The summed E-state index contributed by atoms with van der Waals surface area (Å²) in [6, 6.07) is 9.14. The Labute approximate surface area is 93.9 Å². The van der Waals surface area contributed by atoms with Gasteiger partial charge in [0, 0.05) is 43.8 Å². The molecule has 0 amide bonds. The third kappa shape index (κ3) is 2.23. The van der Waals surface area contributed by atoms with Crippen molar-refractivity contribution in [3.8, 4) is 0 Å². The smallest absolute Gasteiger partial charge is 0.250 e. The van der Waals surface area contributed by atoms with Crippen LogP contribution in [-0.2, 0) is 19.6 Å². The summed E-state index contributed by atoms with van der Waals surface area (Å²) in [6.07, 6.45) is 3.78. The van der Waals surface area contributed by atoms with Crippen LogP contribution < -0.4 is 11.3 Å². The van der Waals surface area contributed by atoms with Gasteiger partial charge in [0.1, 0.15) is 0 Å². The number of hydrogen-bond donors (Lipinski definition) is 1. The van der Waals surface area contributed by atoms with Gasteiger partial charge in [-0.25, -0.2) is 0 Å². The summed E-state index contributed by atoms with van der Waals surface area (Å²) in [5.74, 6) is 0. The molecule has 0 aromatic carbocycles. The molecule has 0 fully saturated rings. The third-order valence-corrected chi connectivity index (χ3v) is 2.61. The van der Waals surface area contributed by atoms with Crippen molar-refractivity contribution in [1.29, 1.82) is 0 Å². The second-order valence-corrected chi connectivity index (χ2v) is 3.63. The SMILES string of the molecule is NCc1cccn1CCn1ccccc1=O. The van der Waals surface area contributed by atoms with Gasteiger partial charge in [-0.05, 0) is 18.2 Å². The van der Waals surface area contributed by atoms with Gasteiger partial charge in [0.25, 0.3) is 5.56 Å². The highest BCUT2D eigenvalue weighted by Gasteiger charge is 1.99. The average Bonchev–Trinajstić information content (AvgIpc) is 2.75. The third-order valence-electron chi connectivity index (χ3n) is 2.61. The summed E-state index contributed by atoms with van der Waals surface area (Å²) in [7, 11) is 0. The maximum atomic E-state index is 11.5. The van der Waals surface area contributed by atoms with Crippen LogP contribution in [-0.4, -0.2) is 9.13 Å². The van der Waals surface area contributed by atoms with Crippen molar-refractivity contribution in [2.45, 2.75) is 19.6 Å². The van der Waals surface area contributed by atoms with Gasteiger partial charge in [-0.1, -0.05) is 6.07 Å². The number of nitrogens with zero attached hydrogens (tertiary/aromatic N) is 2. The Kier molecular flexibility index (Phi) is 3.22. The Morgan fingerprint density at radius 1 is 1.00 bits per heavy atom. The van der Waals surface area contributed by atoms with Gasteiger partial charge in [-0.15, -0.1) is 0 Å². The fourth-order valence-corrected chi connectivity index (χ4v) is 1.71. The first kappa shape index (κ1) is 10.7. The summed E-state index contributed by atoms with van der Waals surface area (Å²) < 4.78 is 3.76. The van der Waals surface area contributed by atoms with Gasteiger partial charge in [-0.2, -0.15) is 0 Å². The lowest BCUT2D eigenvalue weighted by molar-refractivity contribution is 0.552. The molecule has 2 aromatic heterocycles. The molecule has 0 aliphatic heterocycles. The molecule has 0 saturated carbocycles. The Bertz CT molecular complexity index is 513. The zero-order valence-corrected chi connectivity index (χ0v) is 9.04. The van der Waals surface area contributed by atoms with Gasteiger partial charge in [-0.3, -0.25) is 4.79 Å². The Morgan fingerprint density at radius 2 is 1.75 bits per heavy atom. The van der Waals surface area contributed by atoms with Gasteiger partial charge < -0.3 is 14.9 Å². The minimum Gasteiger partial charge on any atom is -0.348 e. The van der Waals surface area contributed by atoms with Crippen molar-refractivity contribution in [2.75, 3.05) is 0 Å². The molecule has 0 aliphatic rings. The Morgan fingerprint density at radius 3 is 2.50 bits per heavy atom. The zero-order chi connectivity index (χ0) is 11.4. The summed E-state index contributed by atoms with van der Waals surface area (Å²) >= 11 is 0. The summed E-state index contributed by atoms with van der Waals surface area (Å²) in [5, 5.41) is 0. The number of rotatable bonds is 4. The van der Waals surface area contributed by atoms with E-state index in [2.05, 4.69) is 4.57 Å². The van der Waals surface area contributed by atoms with E-state index in [9.17, 15) is 4.79 Å². The topological polar surface area (TPSA) is 52.9 Å². The predicted molar refractivity (Wildman–Crippen MR) is 63.0 cm³/mol. The Hall–Kier alpha value is -1.81. The van der Waals surface area contributed by atoms with E-state index in [-0.39, 0.29) is 5.56 Å². The molecule has 2 aromatic rings. The van der Waals surface area contributed by atoms with Crippen LogP contribution in [0.1, 0.15) is 5.69 Å². The number of nitrogens with two attached hydrogens (primary N) is 1. The van der Waals surface area contributed by atoms with Crippen molar-refractivity contribution in [3.63, 3.8) is 0 Å². The Balaban J connectivity index is 2.08. The molecule has 16 heavy (non-hydrogen) atoms. The molecule has 0 unspecified atom stereocenters. The molecule has 0 aliphatic carbocycles. The van der Waals surface area contributed by atoms with Crippen LogP contribution in [0.5, 0.6) is 0 Å². The van der Waals surface area contributed by atoms with Gasteiger partial charge in [0.05, 0.1) is 0 Å². The fourth-order valence-electron chi connectivity index (χ4n) is 1.71. The molecule has 0 spiro atoms. The van der Waals surface area contributed by atoms with Gasteiger partial charge >= 0.3 is 0 Å². The second kappa shape index (κ2) is 4.81. The van der Waals surface area contributed by atoms with Crippen LogP contribution in [0.15, 0.2) is 47.5 Å². The van der Waals surface area contributed by atoms with E-state index in [4.69, 9.17) is 5.73 Å². The summed E-state index contributed by atoms with van der Waals surface area (Å²) in [5.41, 5.74) is 6.72. The van der Waals surface area contributed by atoms with E-state index in [0.29, 0.717) is 13.1 Å². The molecule has 4 heteroatoms. The molecule has 0 radical (unpaired) electrons. The van der Waals surface area contributed by atoms with Crippen molar-refractivity contribution in [1.82, 2.24) is 9.13 Å². The first-order chi connectivity index (χ1) is 7.81. The highest BCUT2D eigenvalue weighted by molar-refractivity contribution is 5.06. The van der Waals surface area contributed by atoms with Crippen molar-refractivity contribution >= 4 is 0 Å². The van der Waals surface area contributed by atoms with Crippen LogP contribution in [0.25, 0.3) is 0 Å². The normalized spacial score (nSPS) is 10.6. The minimum absolute atomic E-state index is 0.0314. The highest BCUT2D eigenvalue weighted by atomic mass is 16.1. The first-order valence-corrected chi connectivity index (χ1v) is 5.31. The molecule has 84 valence electrons. The predicted octanol–water partition coefficient (Wildman–Crippen LogP) is 0.809. The van der Waals surface area contributed by atoms with E-state index in [1.165, 1.54) is 0 Å². The van der Waals surface area contributed by atoms with Crippen molar-refractivity contribution in [2.24, 2.45) is 5.73 Å². The maximum absolute atomic E-state index is 11.5. The number of hydrogen-bond acceptors (Lipinski definition) is 2. The molecule has 0 atom stereocenters. The second-order valence-electron chi connectivity index (χ2n) is 3.63. The molecule has 2 heterocycles. The van der Waals surface area contributed by atoms with Crippen LogP contribution in [0.2, 0.25) is 0 Å². The molecular formula is C12H15N3O. The van der Waals surface area contributed by atoms with Crippen LogP contribution in [0.4, 0.5) is 0 Å². The van der Waals surface area contributed by atoms with E-state index >= 15 is 0 Å². The van der Waals surface area contributed by atoms with E-state index in [1.54, 1.807) is 22.9 Å². The highest BCUT2D eigenvalue weighted by Crippen LogP contribution is 2.01. The number of aryl methyl sites for hydroxylation is 2. The molecule has 0 bridgehead atoms. The van der Waals surface area contributed by atoms with Gasteiger partial charge in [0.15, 0.2) is 0 Å². The summed E-state index contributed by atoms with van der Waals surface area (Å²) in [4.78, 5) is 11.5. The van der Waals surface area contributed by atoms with Gasteiger partial charge in [0.2, 0.25) is 0 Å². The van der Waals surface area contributed by atoms with E-state index in [0.717, 1.165) is 12.2 Å². The summed E-state index contributed by atoms with van der Waals surface area (Å²) in [6.45, 7) is 1.96. The zero-order valence-electron chi connectivity index (χ0n) is 9.04. The minimum atomic E-state index is 0.0314. The lowest BCUT2D eigenvalue weighted by atomic mass is 10.4.